The molecule has 0 spiro atoms. The average molecular weight is 371 g/mol. The Kier molecular flexibility index (Phi) is 4.81. The van der Waals surface area contributed by atoms with Crippen molar-refractivity contribution in [1.82, 2.24) is 0 Å². The van der Waals surface area contributed by atoms with Gasteiger partial charge in [0, 0.05) is 51.4 Å². The molecule has 4 heteroatoms. The van der Waals surface area contributed by atoms with Gasteiger partial charge in [-0.25, -0.2) is 0 Å². The molecule has 0 amide bonds. The van der Waals surface area contributed by atoms with E-state index in [0.29, 0.717) is 0 Å². The summed E-state index contributed by atoms with van der Waals surface area (Å²) in [5, 5.41) is 19.6. The first-order valence-electron chi connectivity index (χ1n) is 11.5. The number of hydrogen-bond acceptors (Lipinski definition) is 2. The highest BCUT2D eigenvalue weighted by molar-refractivity contribution is 5.11. The molecular weight excluding hydrogens is 332 g/mol. The Hall–Kier alpha value is -1.10. The minimum Gasteiger partial charge on any atom is -0.307 e. The third-order valence-corrected chi connectivity index (χ3v) is 9.79. The molecule has 0 radical (unpaired) electrons. The molecule has 4 fully saturated rings. The van der Waals surface area contributed by atoms with E-state index in [-0.39, 0.29) is 11.1 Å². The Balaban J connectivity index is 1.18. The molecule has 4 nitrogen and oxygen atoms in total. The van der Waals surface area contributed by atoms with Crippen LogP contribution < -0.4 is 0 Å². The molecule has 0 aromatic carbocycles. The Labute approximate surface area is 165 Å². The average Bonchev–Trinajstić information content (AvgIpc) is 3.33. The molecule has 4 aliphatic heterocycles. The third-order valence-electron chi connectivity index (χ3n) is 9.79. The van der Waals surface area contributed by atoms with Gasteiger partial charge in [0.15, 0.2) is 11.1 Å². The molecule has 0 aromatic heterocycles. The van der Waals surface area contributed by atoms with E-state index < -0.39 is 0 Å². The van der Waals surface area contributed by atoms with Crippen LogP contribution in [-0.2, 0) is 0 Å². The van der Waals surface area contributed by atoms with Crippen molar-refractivity contribution < 1.29 is 8.97 Å². The van der Waals surface area contributed by atoms with Gasteiger partial charge in [0.25, 0.3) is 0 Å². The quantitative estimate of drug-likeness (QED) is 0.473. The molecule has 4 heterocycles. The van der Waals surface area contributed by atoms with E-state index >= 15 is 0 Å². The highest BCUT2D eigenvalue weighted by Gasteiger charge is 2.63. The summed E-state index contributed by atoms with van der Waals surface area (Å²) in [6.07, 6.45) is 16.0. The molecule has 148 valence electrons. The largest absolute Gasteiger partial charge is 0.307 e. The Bertz CT molecular complexity index is 586. The van der Waals surface area contributed by atoms with Crippen LogP contribution in [0.2, 0.25) is 0 Å². The van der Waals surface area contributed by atoms with E-state index in [9.17, 15) is 10.5 Å². The van der Waals surface area contributed by atoms with E-state index in [4.69, 9.17) is 0 Å². The Morgan fingerprint density at radius 2 is 1.00 bits per heavy atom. The zero-order chi connectivity index (χ0) is 19.2. The first-order valence-corrected chi connectivity index (χ1v) is 11.5. The summed E-state index contributed by atoms with van der Waals surface area (Å²) in [5.41, 5.74) is -0.103. The van der Waals surface area contributed by atoms with Gasteiger partial charge in [-0.05, 0) is 25.7 Å². The molecule has 4 rings (SSSR count). The minimum absolute atomic E-state index is 0.0515. The molecule has 4 bridgehead atoms. The van der Waals surface area contributed by atoms with Crippen molar-refractivity contribution in [3.63, 3.8) is 0 Å². The predicted octanol–water partition coefficient (Wildman–Crippen LogP) is 4.27. The summed E-state index contributed by atoms with van der Waals surface area (Å²) < 4.78 is 2.09. The summed E-state index contributed by atoms with van der Waals surface area (Å²) >= 11 is 0. The standard InChI is InChI=1S/C23H38N4/c1-26(20-8-12-22(26,18-24)13-9-20)16-6-4-3-5-7-17-27(2)21-10-14-23(27,19-25)15-11-21/h20-21H,3-17H2,1-2H3/q+2. The predicted molar refractivity (Wildman–Crippen MR) is 106 cm³/mol. The van der Waals surface area contributed by atoms with Crippen LogP contribution in [-0.4, -0.2) is 59.3 Å². The Morgan fingerprint density at radius 1 is 0.667 bits per heavy atom. The number of rotatable bonds is 8. The molecule has 0 saturated carbocycles. The fraction of sp³-hybridized carbons (Fsp3) is 0.913. The van der Waals surface area contributed by atoms with Crippen molar-refractivity contribution in [3.05, 3.63) is 0 Å². The number of nitrogens with zero attached hydrogens (tertiary/aromatic N) is 4. The molecule has 2 unspecified atom stereocenters. The number of unbranched alkanes of at least 4 members (excludes halogenated alkanes) is 4. The van der Waals surface area contributed by atoms with Gasteiger partial charge in [0.2, 0.25) is 0 Å². The zero-order valence-electron chi connectivity index (χ0n) is 17.6. The van der Waals surface area contributed by atoms with Gasteiger partial charge in [-0.1, -0.05) is 6.42 Å². The maximum absolute atomic E-state index is 9.78. The number of nitriles is 2. The summed E-state index contributed by atoms with van der Waals surface area (Å²) in [6, 6.07) is 6.95. The fourth-order valence-corrected chi connectivity index (χ4v) is 7.68. The van der Waals surface area contributed by atoms with E-state index in [2.05, 4.69) is 26.2 Å². The van der Waals surface area contributed by atoms with Gasteiger partial charge in [-0.15, -0.1) is 0 Å². The summed E-state index contributed by atoms with van der Waals surface area (Å²) in [5.74, 6) is 0. The van der Waals surface area contributed by atoms with Gasteiger partial charge in [-0.3, -0.25) is 0 Å². The van der Waals surface area contributed by atoms with Crippen LogP contribution in [0.1, 0.15) is 83.5 Å². The smallest absolute Gasteiger partial charge is 0.186 e. The van der Waals surface area contributed by atoms with Crippen molar-refractivity contribution in [1.29, 1.82) is 10.5 Å². The van der Waals surface area contributed by atoms with E-state index in [1.807, 2.05) is 0 Å². The van der Waals surface area contributed by atoms with Crippen molar-refractivity contribution in [2.24, 2.45) is 0 Å². The number of hydrogen-bond donors (Lipinski definition) is 0. The van der Waals surface area contributed by atoms with Crippen LogP contribution in [0.15, 0.2) is 0 Å². The van der Waals surface area contributed by atoms with Crippen LogP contribution in [0.4, 0.5) is 0 Å². The molecule has 0 aliphatic carbocycles. The molecule has 4 aliphatic rings. The lowest BCUT2D eigenvalue weighted by Crippen LogP contribution is -2.56. The van der Waals surface area contributed by atoms with E-state index in [0.717, 1.165) is 46.7 Å². The highest BCUT2D eigenvalue weighted by atomic mass is 15.5. The normalized spacial score (nSPS) is 47.3. The van der Waals surface area contributed by atoms with Gasteiger partial charge in [0.1, 0.15) is 12.1 Å². The second-order valence-corrected chi connectivity index (χ2v) is 10.5. The van der Waals surface area contributed by atoms with Gasteiger partial charge < -0.3 is 8.97 Å². The zero-order valence-corrected chi connectivity index (χ0v) is 17.6. The lowest BCUT2D eigenvalue weighted by Gasteiger charge is -2.40. The second-order valence-electron chi connectivity index (χ2n) is 10.5. The molecule has 27 heavy (non-hydrogen) atoms. The van der Waals surface area contributed by atoms with Crippen LogP contribution in [0, 0.1) is 22.7 Å². The fourth-order valence-electron chi connectivity index (χ4n) is 7.68. The maximum Gasteiger partial charge on any atom is 0.186 e. The van der Waals surface area contributed by atoms with E-state index in [1.54, 1.807) is 0 Å². The van der Waals surface area contributed by atoms with Crippen LogP contribution in [0.5, 0.6) is 0 Å². The summed E-state index contributed by atoms with van der Waals surface area (Å²) in [6.45, 7) is 2.40. The van der Waals surface area contributed by atoms with Crippen molar-refractivity contribution in [2.75, 3.05) is 27.2 Å². The minimum atomic E-state index is -0.0515. The first-order chi connectivity index (χ1) is 13.0. The van der Waals surface area contributed by atoms with Gasteiger partial charge in [0.05, 0.1) is 39.3 Å². The van der Waals surface area contributed by atoms with Crippen molar-refractivity contribution in [2.45, 2.75) is 107 Å². The SMILES string of the molecule is C[N+]1(CCCCCCC[N+]2(C)C3CCC2(C#N)CC3)C2CCC1(C#N)CC2. The second kappa shape index (κ2) is 6.75. The number of fused-ring (bicyclic) bond motifs is 4. The lowest BCUT2D eigenvalue weighted by molar-refractivity contribution is -0.946. The van der Waals surface area contributed by atoms with Crippen LogP contribution >= 0.6 is 0 Å². The van der Waals surface area contributed by atoms with Gasteiger partial charge >= 0.3 is 0 Å². The van der Waals surface area contributed by atoms with Gasteiger partial charge in [-0.2, -0.15) is 10.5 Å². The molecule has 0 N–H and O–H groups in total. The molecule has 2 atom stereocenters. The van der Waals surface area contributed by atoms with E-state index in [1.165, 1.54) is 70.9 Å². The lowest BCUT2D eigenvalue weighted by atomic mass is 9.89. The summed E-state index contributed by atoms with van der Waals surface area (Å²) in [7, 11) is 4.73. The molecular formula is C23H38N4+2. The highest BCUT2D eigenvalue weighted by Crippen LogP contribution is 2.52. The Morgan fingerprint density at radius 3 is 1.33 bits per heavy atom. The topological polar surface area (TPSA) is 47.6 Å². The van der Waals surface area contributed by atoms with Crippen LogP contribution in [0.3, 0.4) is 0 Å². The summed E-state index contributed by atoms with van der Waals surface area (Å²) in [4.78, 5) is 0. The van der Waals surface area contributed by atoms with Crippen LogP contribution in [0.25, 0.3) is 0 Å². The number of quaternary nitrogens is 2. The first kappa shape index (κ1) is 19.2. The van der Waals surface area contributed by atoms with Crippen molar-refractivity contribution in [3.8, 4) is 12.1 Å². The van der Waals surface area contributed by atoms with Crippen molar-refractivity contribution >= 4 is 0 Å². The third kappa shape index (κ3) is 2.60. The maximum atomic E-state index is 9.78. The molecule has 0 aromatic rings. The molecule has 4 saturated heterocycles. The monoisotopic (exact) mass is 370 g/mol.